The number of nitrogens with zero attached hydrogens (tertiary/aromatic N) is 2. The molecule has 1 heterocycles. The molecule has 2 aromatic carbocycles. The van der Waals surface area contributed by atoms with Crippen molar-refractivity contribution in [3.8, 4) is 11.8 Å². The first kappa shape index (κ1) is 20.5. The Morgan fingerprint density at radius 3 is 2.47 bits per heavy atom. The zero-order valence-corrected chi connectivity index (χ0v) is 15.2. The number of hydrogen-bond donors (Lipinski definition) is 3. The summed E-state index contributed by atoms with van der Waals surface area (Å²) in [4.78, 5) is 35.9. The zero-order valence-electron chi connectivity index (χ0n) is 15.2. The summed E-state index contributed by atoms with van der Waals surface area (Å²) < 4.78 is 27.8. The normalized spacial score (nSPS) is 11.5. The molecule has 0 aliphatic carbocycles. The third-order valence-corrected chi connectivity index (χ3v) is 4.24. The molecule has 152 valence electrons. The maximum Gasteiger partial charge on any atom is 0.305 e. The number of H-pyrrole nitrogens is 1. The van der Waals surface area contributed by atoms with Crippen molar-refractivity contribution in [2.24, 2.45) is 0 Å². The third kappa shape index (κ3) is 4.41. The van der Waals surface area contributed by atoms with Crippen molar-refractivity contribution < 1.29 is 23.5 Å². The molecule has 8 nitrogen and oxygen atoms in total. The first-order valence-corrected chi connectivity index (χ1v) is 8.58. The minimum Gasteiger partial charge on any atom is -0.481 e. The van der Waals surface area contributed by atoms with E-state index in [1.807, 2.05) is 6.07 Å². The number of amides is 1. The molecule has 0 fully saturated rings. The summed E-state index contributed by atoms with van der Waals surface area (Å²) in [6.45, 7) is 0. The number of carbonyl (C=O) groups is 2. The molecule has 3 N–H and O–H groups in total. The SMILES string of the molecule is N#Cc1ccc([C@H](CC(=O)O)NC(=O)c2cc(=O)n(-c3ccc(F)cc3F)[nH]2)cc1. The molecule has 0 aliphatic rings. The molecule has 3 aromatic rings. The van der Waals surface area contributed by atoms with Crippen molar-refractivity contribution in [2.45, 2.75) is 12.5 Å². The van der Waals surface area contributed by atoms with Gasteiger partial charge < -0.3 is 10.4 Å². The Kier molecular flexibility index (Phi) is 5.73. The number of carboxylic acid groups (broad SMARTS) is 1. The lowest BCUT2D eigenvalue weighted by Crippen LogP contribution is -2.30. The van der Waals surface area contributed by atoms with Crippen LogP contribution in [-0.2, 0) is 4.79 Å². The minimum absolute atomic E-state index is 0.243. The largest absolute Gasteiger partial charge is 0.481 e. The molecule has 10 heteroatoms. The van der Waals surface area contributed by atoms with Crippen LogP contribution in [0.1, 0.15) is 34.1 Å². The average molecular weight is 412 g/mol. The van der Waals surface area contributed by atoms with Crippen LogP contribution in [0.3, 0.4) is 0 Å². The van der Waals surface area contributed by atoms with E-state index in [4.69, 9.17) is 10.4 Å². The van der Waals surface area contributed by atoms with Crippen LogP contribution in [0.4, 0.5) is 8.78 Å². The molecule has 0 saturated carbocycles. The number of aliphatic carboxylic acids is 1. The topological polar surface area (TPSA) is 128 Å². The second-order valence-electron chi connectivity index (χ2n) is 6.30. The Hall–Kier alpha value is -4.26. The van der Waals surface area contributed by atoms with Gasteiger partial charge in [-0.05, 0) is 29.8 Å². The molecule has 30 heavy (non-hydrogen) atoms. The molecular formula is C20H14F2N4O4. The van der Waals surface area contributed by atoms with E-state index >= 15 is 0 Å². The molecule has 0 saturated heterocycles. The van der Waals surface area contributed by atoms with E-state index in [9.17, 15) is 23.2 Å². The van der Waals surface area contributed by atoms with E-state index in [1.165, 1.54) is 24.3 Å². The van der Waals surface area contributed by atoms with Gasteiger partial charge in [0.1, 0.15) is 17.2 Å². The Bertz CT molecular complexity index is 1210. The van der Waals surface area contributed by atoms with Crippen LogP contribution in [0.25, 0.3) is 5.69 Å². The van der Waals surface area contributed by atoms with Crippen LogP contribution in [0.2, 0.25) is 0 Å². The average Bonchev–Trinajstić information content (AvgIpc) is 3.09. The van der Waals surface area contributed by atoms with Crippen molar-refractivity contribution in [1.29, 1.82) is 5.26 Å². The van der Waals surface area contributed by atoms with Gasteiger partial charge in [0.15, 0.2) is 5.82 Å². The molecule has 0 bridgehead atoms. The van der Waals surface area contributed by atoms with Gasteiger partial charge in [-0.3, -0.25) is 19.5 Å². The predicted octanol–water partition coefficient (Wildman–Crippen LogP) is 2.26. The second-order valence-corrected chi connectivity index (χ2v) is 6.30. The molecule has 1 amide bonds. The van der Waals surface area contributed by atoms with Gasteiger partial charge >= 0.3 is 5.97 Å². The number of aromatic amines is 1. The number of halogens is 2. The van der Waals surface area contributed by atoms with Crippen LogP contribution in [0.5, 0.6) is 0 Å². The van der Waals surface area contributed by atoms with Gasteiger partial charge in [-0.1, -0.05) is 12.1 Å². The predicted molar refractivity (Wildman–Crippen MR) is 99.9 cm³/mol. The number of benzene rings is 2. The fraction of sp³-hybridized carbons (Fsp3) is 0.100. The first-order chi connectivity index (χ1) is 14.3. The molecule has 0 unspecified atom stereocenters. The highest BCUT2D eigenvalue weighted by Gasteiger charge is 2.21. The zero-order chi connectivity index (χ0) is 21.8. The summed E-state index contributed by atoms with van der Waals surface area (Å²) in [6.07, 6.45) is -0.449. The summed E-state index contributed by atoms with van der Waals surface area (Å²) in [5.74, 6) is -3.81. The number of nitriles is 1. The van der Waals surface area contributed by atoms with Crippen LogP contribution < -0.4 is 10.9 Å². The van der Waals surface area contributed by atoms with Gasteiger partial charge in [-0.2, -0.15) is 5.26 Å². The van der Waals surface area contributed by atoms with Crippen LogP contribution in [-0.4, -0.2) is 26.8 Å². The lowest BCUT2D eigenvalue weighted by Gasteiger charge is -2.17. The van der Waals surface area contributed by atoms with Gasteiger partial charge in [0.2, 0.25) is 0 Å². The van der Waals surface area contributed by atoms with Crippen molar-refractivity contribution >= 4 is 11.9 Å². The van der Waals surface area contributed by atoms with Crippen LogP contribution >= 0.6 is 0 Å². The number of aromatic nitrogens is 2. The molecule has 1 aromatic heterocycles. The Balaban J connectivity index is 1.88. The summed E-state index contributed by atoms with van der Waals surface area (Å²) in [7, 11) is 0. The maximum absolute atomic E-state index is 14.0. The third-order valence-electron chi connectivity index (χ3n) is 4.24. The second kappa shape index (κ2) is 8.40. The highest BCUT2D eigenvalue weighted by Crippen LogP contribution is 2.19. The van der Waals surface area contributed by atoms with E-state index < -0.39 is 41.5 Å². The molecular weight excluding hydrogens is 398 g/mol. The number of rotatable bonds is 6. The number of hydrogen-bond acceptors (Lipinski definition) is 4. The first-order valence-electron chi connectivity index (χ1n) is 8.58. The quantitative estimate of drug-likeness (QED) is 0.572. The van der Waals surface area contributed by atoms with Gasteiger partial charge in [0.25, 0.3) is 11.5 Å². The number of carboxylic acids is 1. The van der Waals surface area contributed by atoms with Crippen molar-refractivity contribution in [3.63, 3.8) is 0 Å². The van der Waals surface area contributed by atoms with E-state index in [0.717, 1.165) is 22.9 Å². The van der Waals surface area contributed by atoms with Gasteiger partial charge in [0.05, 0.1) is 24.1 Å². The van der Waals surface area contributed by atoms with Crippen LogP contribution in [0.15, 0.2) is 53.3 Å². The summed E-state index contributed by atoms with van der Waals surface area (Å²) in [5.41, 5.74) is -0.487. The highest BCUT2D eigenvalue weighted by atomic mass is 19.1. The van der Waals surface area contributed by atoms with Crippen molar-refractivity contribution in [2.75, 3.05) is 0 Å². The lowest BCUT2D eigenvalue weighted by atomic mass is 10.0. The molecule has 0 spiro atoms. The maximum atomic E-state index is 14.0. The summed E-state index contributed by atoms with van der Waals surface area (Å²) in [6, 6.07) is 10.5. The monoisotopic (exact) mass is 412 g/mol. The van der Waals surface area contributed by atoms with E-state index in [1.54, 1.807) is 0 Å². The van der Waals surface area contributed by atoms with Gasteiger partial charge in [0, 0.05) is 12.1 Å². The molecule has 0 aliphatic heterocycles. The Morgan fingerprint density at radius 2 is 1.87 bits per heavy atom. The van der Waals surface area contributed by atoms with E-state index in [-0.39, 0.29) is 11.4 Å². The smallest absolute Gasteiger partial charge is 0.305 e. The van der Waals surface area contributed by atoms with Crippen molar-refractivity contribution in [1.82, 2.24) is 15.1 Å². The fourth-order valence-corrected chi connectivity index (χ4v) is 2.81. The Morgan fingerprint density at radius 1 is 1.17 bits per heavy atom. The molecule has 1 atom stereocenters. The van der Waals surface area contributed by atoms with Gasteiger partial charge in [-0.15, -0.1) is 0 Å². The molecule has 0 radical (unpaired) electrons. The number of carbonyl (C=O) groups excluding carboxylic acids is 1. The molecule has 3 rings (SSSR count). The van der Waals surface area contributed by atoms with E-state index in [2.05, 4.69) is 10.4 Å². The van der Waals surface area contributed by atoms with Crippen LogP contribution in [0, 0.1) is 23.0 Å². The fourth-order valence-electron chi connectivity index (χ4n) is 2.81. The number of nitrogens with one attached hydrogen (secondary N) is 2. The highest BCUT2D eigenvalue weighted by molar-refractivity contribution is 5.92. The van der Waals surface area contributed by atoms with Crippen molar-refractivity contribution in [3.05, 3.63) is 87.3 Å². The Labute approximate surface area is 168 Å². The lowest BCUT2D eigenvalue weighted by molar-refractivity contribution is -0.137. The summed E-state index contributed by atoms with van der Waals surface area (Å²) >= 11 is 0. The summed E-state index contributed by atoms with van der Waals surface area (Å²) in [5, 5.41) is 22.9. The van der Waals surface area contributed by atoms with E-state index in [0.29, 0.717) is 17.2 Å². The minimum atomic E-state index is -1.18. The van der Waals surface area contributed by atoms with Gasteiger partial charge in [-0.25, -0.2) is 13.5 Å². The standard InChI is InChI=1S/C20H14F2N4O4/c21-13-5-6-17(14(22)7-13)26-18(27)8-16(25-26)20(30)24-15(9-19(28)29)12-3-1-11(10-23)2-4-12/h1-8,15,25H,9H2,(H,24,30)(H,28,29)/t15-/m0/s1.